The molecular formula is C15H14FN3O. The highest BCUT2D eigenvalue weighted by Gasteiger charge is 2.36. The molecule has 0 spiro atoms. The molecule has 0 bridgehead atoms. The van der Waals surface area contributed by atoms with Crippen LogP contribution in [0.2, 0.25) is 0 Å². The SMILES string of the molecule is C=CCC(=O)c1nc2n(n1)[C@H](c1ccccc1)C[C@H]2F. The number of alkyl halides is 1. The lowest BCUT2D eigenvalue weighted by molar-refractivity contribution is 0.0985. The van der Waals surface area contributed by atoms with E-state index in [0.717, 1.165) is 5.56 Å². The van der Waals surface area contributed by atoms with Crippen molar-refractivity contribution in [2.75, 3.05) is 0 Å². The first-order valence-corrected chi connectivity index (χ1v) is 6.50. The van der Waals surface area contributed by atoms with Gasteiger partial charge in [-0.05, 0) is 5.56 Å². The molecule has 1 aliphatic heterocycles. The summed E-state index contributed by atoms with van der Waals surface area (Å²) in [6.07, 6.45) is 0.792. The van der Waals surface area contributed by atoms with Gasteiger partial charge in [-0.1, -0.05) is 36.4 Å². The average molecular weight is 271 g/mol. The molecule has 3 rings (SSSR count). The second kappa shape index (κ2) is 5.00. The molecule has 0 unspecified atom stereocenters. The quantitative estimate of drug-likeness (QED) is 0.634. The van der Waals surface area contributed by atoms with E-state index in [4.69, 9.17) is 0 Å². The van der Waals surface area contributed by atoms with Crippen LogP contribution < -0.4 is 0 Å². The van der Waals surface area contributed by atoms with Crippen LogP contribution in [0.25, 0.3) is 0 Å². The van der Waals surface area contributed by atoms with Crippen LogP contribution in [0.4, 0.5) is 4.39 Å². The van der Waals surface area contributed by atoms with Gasteiger partial charge in [0, 0.05) is 12.8 Å². The van der Waals surface area contributed by atoms with Gasteiger partial charge in [0.2, 0.25) is 11.6 Å². The van der Waals surface area contributed by atoms with Crippen molar-refractivity contribution in [3.8, 4) is 0 Å². The third kappa shape index (κ3) is 2.05. The van der Waals surface area contributed by atoms with Gasteiger partial charge in [-0.3, -0.25) is 4.79 Å². The molecule has 1 aromatic carbocycles. The normalized spacial score (nSPS) is 20.6. The number of nitrogens with zero attached hydrogens (tertiary/aromatic N) is 3. The summed E-state index contributed by atoms with van der Waals surface area (Å²) in [5.41, 5.74) is 0.974. The number of benzene rings is 1. The fourth-order valence-corrected chi connectivity index (χ4v) is 2.47. The average Bonchev–Trinajstić information content (AvgIpc) is 3.01. The highest BCUT2D eigenvalue weighted by atomic mass is 19.1. The molecule has 0 aliphatic carbocycles. The third-order valence-corrected chi connectivity index (χ3v) is 3.43. The van der Waals surface area contributed by atoms with Crippen LogP contribution in [0, 0.1) is 0 Å². The van der Waals surface area contributed by atoms with Gasteiger partial charge < -0.3 is 0 Å². The molecule has 0 amide bonds. The third-order valence-electron chi connectivity index (χ3n) is 3.43. The van der Waals surface area contributed by atoms with Gasteiger partial charge in [-0.25, -0.2) is 14.1 Å². The van der Waals surface area contributed by atoms with Gasteiger partial charge in [0.1, 0.15) is 0 Å². The fourth-order valence-electron chi connectivity index (χ4n) is 2.47. The van der Waals surface area contributed by atoms with E-state index in [1.165, 1.54) is 10.8 Å². The van der Waals surface area contributed by atoms with Crippen molar-refractivity contribution in [3.05, 3.63) is 60.2 Å². The predicted octanol–water partition coefficient (Wildman–Crippen LogP) is 3.04. The second-order valence-corrected chi connectivity index (χ2v) is 4.78. The molecule has 0 radical (unpaired) electrons. The van der Waals surface area contributed by atoms with Crippen molar-refractivity contribution in [3.63, 3.8) is 0 Å². The van der Waals surface area contributed by atoms with Gasteiger partial charge in [-0.15, -0.1) is 11.7 Å². The molecule has 1 aromatic heterocycles. The number of ketones is 1. The first-order chi connectivity index (χ1) is 9.70. The van der Waals surface area contributed by atoms with Crippen molar-refractivity contribution in [1.29, 1.82) is 0 Å². The first kappa shape index (κ1) is 12.7. The minimum absolute atomic E-state index is 0.0724. The zero-order valence-corrected chi connectivity index (χ0v) is 10.9. The summed E-state index contributed by atoms with van der Waals surface area (Å²) in [7, 11) is 0. The zero-order valence-electron chi connectivity index (χ0n) is 10.9. The van der Waals surface area contributed by atoms with Crippen molar-refractivity contribution in [2.24, 2.45) is 0 Å². The van der Waals surface area contributed by atoms with E-state index in [0.29, 0.717) is 6.42 Å². The molecule has 102 valence electrons. The molecule has 0 fully saturated rings. The number of halogens is 1. The number of aromatic nitrogens is 3. The van der Waals surface area contributed by atoms with Gasteiger partial charge in [-0.2, -0.15) is 0 Å². The van der Waals surface area contributed by atoms with Crippen LogP contribution in [0.15, 0.2) is 43.0 Å². The predicted molar refractivity (Wildman–Crippen MR) is 72.2 cm³/mol. The molecule has 2 atom stereocenters. The lowest BCUT2D eigenvalue weighted by Crippen LogP contribution is -2.09. The molecule has 5 heteroatoms. The van der Waals surface area contributed by atoms with E-state index in [1.54, 1.807) is 0 Å². The molecule has 2 heterocycles. The van der Waals surface area contributed by atoms with Crippen LogP contribution in [-0.4, -0.2) is 20.5 Å². The second-order valence-electron chi connectivity index (χ2n) is 4.78. The maximum Gasteiger partial charge on any atom is 0.218 e. The Kier molecular flexibility index (Phi) is 3.18. The van der Waals surface area contributed by atoms with Gasteiger partial charge in [0.25, 0.3) is 0 Å². The minimum atomic E-state index is -1.18. The summed E-state index contributed by atoms with van der Waals surface area (Å²) in [5.74, 6) is 0.0790. The number of rotatable bonds is 4. The Hall–Kier alpha value is -2.30. The summed E-state index contributed by atoms with van der Waals surface area (Å²) >= 11 is 0. The molecule has 20 heavy (non-hydrogen) atoms. The summed E-state index contributed by atoms with van der Waals surface area (Å²) < 4.78 is 15.6. The van der Waals surface area contributed by atoms with Crippen LogP contribution in [-0.2, 0) is 0 Å². The van der Waals surface area contributed by atoms with Gasteiger partial charge in [0.05, 0.1) is 6.04 Å². The van der Waals surface area contributed by atoms with Crippen LogP contribution in [0.1, 0.15) is 47.1 Å². The molecule has 2 aromatic rings. The number of carbonyl (C=O) groups is 1. The molecule has 0 saturated carbocycles. The van der Waals surface area contributed by atoms with Crippen LogP contribution in [0.5, 0.6) is 0 Å². The summed E-state index contributed by atoms with van der Waals surface area (Å²) in [4.78, 5) is 15.8. The van der Waals surface area contributed by atoms with Crippen molar-refractivity contribution >= 4 is 5.78 Å². The summed E-state index contributed by atoms with van der Waals surface area (Å²) in [5, 5.41) is 4.19. The Bertz CT molecular complexity index is 650. The number of fused-ring (bicyclic) bond motifs is 1. The van der Waals surface area contributed by atoms with Crippen molar-refractivity contribution in [2.45, 2.75) is 25.1 Å². The maximum absolute atomic E-state index is 14.1. The Morgan fingerprint density at radius 3 is 2.90 bits per heavy atom. The van der Waals surface area contributed by atoms with E-state index in [2.05, 4.69) is 16.7 Å². The van der Waals surface area contributed by atoms with E-state index < -0.39 is 6.17 Å². The fraction of sp³-hybridized carbons (Fsp3) is 0.267. The largest absolute Gasteiger partial charge is 0.290 e. The molecule has 4 nitrogen and oxygen atoms in total. The number of allylic oxidation sites excluding steroid dienone is 1. The highest BCUT2D eigenvalue weighted by Crippen LogP contribution is 2.39. The Morgan fingerprint density at radius 1 is 1.45 bits per heavy atom. The highest BCUT2D eigenvalue weighted by molar-refractivity contribution is 5.93. The van der Waals surface area contributed by atoms with Crippen molar-refractivity contribution < 1.29 is 9.18 Å². The number of hydrogen-bond donors (Lipinski definition) is 0. The minimum Gasteiger partial charge on any atom is -0.290 e. The molecule has 1 aliphatic rings. The van der Waals surface area contributed by atoms with E-state index in [1.807, 2.05) is 30.3 Å². The Balaban J connectivity index is 1.98. The molecule has 0 N–H and O–H groups in total. The maximum atomic E-state index is 14.1. The van der Waals surface area contributed by atoms with Crippen molar-refractivity contribution in [1.82, 2.24) is 14.8 Å². The van der Waals surface area contributed by atoms with E-state index in [-0.39, 0.29) is 29.9 Å². The standard InChI is InChI=1S/C15H14FN3O/c1-2-6-13(20)14-17-15-11(16)9-12(19(15)18-14)10-7-4-3-5-8-10/h2-5,7-8,11-12H,1,6,9H2/t11-,12+/m1/s1. The smallest absolute Gasteiger partial charge is 0.218 e. The molecular weight excluding hydrogens is 257 g/mol. The van der Waals surface area contributed by atoms with Crippen LogP contribution >= 0.6 is 0 Å². The number of hydrogen-bond acceptors (Lipinski definition) is 3. The van der Waals surface area contributed by atoms with E-state index in [9.17, 15) is 9.18 Å². The first-order valence-electron chi connectivity index (χ1n) is 6.50. The van der Waals surface area contributed by atoms with Crippen LogP contribution in [0.3, 0.4) is 0 Å². The topological polar surface area (TPSA) is 47.8 Å². The summed E-state index contributed by atoms with van der Waals surface area (Å²) in [6.45, 7) is 3.51. The Morgan fingerprint density at radius 2 is 2.20 bits per heavy atom. The monoisotopic (exact) mass is 271 g/mol. The molecule has 0 saturated heterocycles. The zero-order chi connectivity index (χ0) is 14.1. The number of Topliss-reactive ketones (excluding diaryl/α,β-unsaturated/α-hetero) is 1. The van der Waals surface area contributed by atoms with E-state index >= 15 is 0 Å². The number of carbonyl (C=O) groups excluding carboxylic acids is 1. The lowest BCUT2D eigenvalue weighted by atomic mass is 10.0. The Labute approximate surface area is 116 Å². The van der Waals surface area contributed by atoms with Gasteiger partial charge in [0.15, 0.2) is 12.0 Å². The summed E-state index contributed by atoms with van der Waals surface area (Å²) in [6, 6.07) is 9.38. The lowest BCUT2D eigenvalue weighted by Gasteiger charge is -2.11. The van der Waals surface area contributed by atoms with Gasteiger partial charge >= 0.3 is 0 Å².